The number of rotatable bonds is 7. The Kier molecular flexibility index (Phi) is 8.09. The normalized spacial score (nSPS) is 13.7. The number of nitrogens with zero attached hydrogens (tertiary/aromatic N) is 3. The molecule has 2 N–H and O–H groups in total. The van der Waals surface area contributed by atoms with Crippen molar-refractivity contribution in [3.05, 3.63) is 112 Å². The van der Waals surface area contributed by atoms with Gasteiger partial charge in [-0.25, -0.2) is 9.03 Å². The van der Waals surface area contributed by atoms with Crippen LogP contribution < -0.4 is 15.2 Å². The number of pyridine rings is 1. The van der Waals surface area contributed by atoms with E-state index in [1.165, 1.54) is 12.1 Å². The van der Waals surface area contributed by atoms with Gasteiger partial charge >= 0.3 is 5.97 Å². The van der Waals surface area contributed by atoms with Crippen molar-refractivity contribution in [2.75, 3.05) is 37.6 Å². The molecule has 1 aliphatic heterocycles. The first-order chi connectivity index (χ1) is 18.5. The molecule has 0 aliphatic carbocycles. The minimum atomic E-state index is -0.859. The predicted molar refractivity (Wildman–Crippen MR) is 153 cm³/mol. The second-order valence-corrected chi connectivity index (χ2v) is 10.0. The van der Waals surface area contributed by atoms with Crippen LogP contribution in [0.3, 0.4) is 0 Å². The fraction of sp³-hybridized carbons (Fsp3) is 0.200. The molecule has 3 aromatic carbocycles. The molecule has 0 atom stereocenters. The smallest absolute Gasteiger partial charge is 0.318 e. The molecular weight excluding hydrogens is 496 g/mol. The van der Waals surface area contributed by atoms with Gasteiger partial charge in [0.2, 0.25) is 0 Å². The molecule has 0 amide bonds. The average molecular weight is 525 g/mol. The van der Waals surface area contributed by atoms with E-state index in [2.05, 4.69) is 37.9 Å². The summed E-state index contributed by atoms with van der Waals surface area (Å²) in [4.78, 5) is 26.1. The molecule has 0 bridgehead atoms. The van der Waals surface area contributed by atoms with E-state index in [-0.39, 0.29) is 12.1 Å². The Morgan fingerprint density at radius 2 is 1.61 bits per heavy atom. The highest BCUT2D eigenvalue weighted by Crippen LogP contribution is 2.19. The van der Waals surface area contributed by atoms with Crippen molar-refractivity contribution in [2.45, 2.75) is 6.54 Å². The fourth-order valence-electron chi connectivity index (χ4n) is 4.38. The van der Waals surface area contributed by atoms with Crippen LogP contribution in [-0.4, -0.2) is 52.7 Å². The maximum atomic E-state index is 13.1. The second-order valence-electron chi connectivity index (χ2n) is 9.06. The van der Waals surface area contributed by atoms with E-state index in [0.717, 1.165) is 53.9 Å². The van der Waals surface area contributed by atoms with E-state index in [9.17, 15) is 9.59 Å². The summed E-state index contributed by atoms with van der Waals surface area (Å²) >= 11 is 1.37. The minimum Gasteiger partial charge on any atom is -0.480 e. The predicted octanol–water partition coefficient (Wildman–Crippen LogP) is 3.81. The number of carboxylic acid groups (broad SMARTS) is 1. The van der Waals surface area contributed by atoms with Crippen LogP contribution in [0, 0.1) is 11.8 Å². The van der Waals surface area contributed by atoms with Gasteiger partial charge in [-0.2, -0.15) is 0 Å². The lowest BCUT2D eigenvalue weighted by atomic mass is 10.1. The molecule has 38 heavy (non-hydrogen) atoms. The van der Waals surface area contributed by atoms with E-state index in [0.29, 0.717) is 11.9 Å². The Balaban J connectivity index is 1.23. The van der Waals surface area contributed by atoms with Crippen LogP contribution >= 0.6 is 12.1 Å². The Bertz CT molecular complexity index is 1530. The van der Waals surface area contributed by atoms with Crippen molar-refractivity contribution in [1.82, 2.24) is 13.6 Å². The van der Waals surface area contributed by atoms with Gasteiger partial charge < -0.3 is 14.6 Å². The van der Waals surface area contributed by atoms with Gasteiger partial charge in [0.05, 0.1) is 6.54 Å². The van der Waals surface area contributed by atoms with Gasteiger partial charge in [-0.15, -0.1) is 0 Å². The number of hydrogen-bond donors (Lipinski definition) is 2. The lowest BCUT2D eigenvalue weighted by molar-refractivity contribution is -0.135. The fourth-order valence-corrected chi connectivity index (χ4v) is 5.10. The van der Waals surface area contributed by atoms with Gasteiger partial charge in [0.25, 0.3) is 5.56 Å². The maximum Gasteiger partial charge on any atom is 0.318 e. The van der Waals surface area contributed by atoms with E-state index in [4.69, 9.17) is 5.11 Å². The van der Waals surface area contributed by atoms with Gasteiger partial charge in [0, 0.05) is 66.7 Å². The number of nitrogens with one attached hydrogen (secondary N) is 1. The lowest BCUT2D eigenvalue weighted by Gasteiger charge is -2.35. The number of fused-ring (bicyclic) bond motifs is 1. The first kappa shape index (κ1) is 25.6. The van der Waals surface area contributed by atoms with E-state index < -0.39 is 5.97 Å². The van der Waals surface area contributed by atoms with Crippen LogP contribution in [0.25, 0.3) is 10.8 Å². The van der Waals surface area contributed by atoms with Crippen LogP contribution in [0.4, 0.5) is 5.69 Å². The zero-order valence-corrected chi connectivity index (χ0v) is 21.7. The zero-order chi connectivity index (χ0) is 26.3. The molecule has 1 aromatic heterocycles. The molecule has 192 valence electrons. The molecule has 1 fully saturated rings. The minimum absolute atomic E-state index is 0.0180. The number of benzene rings is 3. The molecule has 4 aromatic rings. The number of anilines is 1. The SMILES string of the molecule is O=C(O)CNSN1CCN(c2ccc(C#Cc3ccc4ccn(Cc5ccccc5)c(=O)c4c3)cc2)CC1. The van der Waals surface area contributed by atoms with Gasteiger partial charge in [0.15, 0.2) is 0 Å². The van der Waals surface area contributed by atoms with Crippen molar-refractivity contribution in [3.8, 4) is 11.8 Å². The quantitative estimate of drug-likeness (QED) is 0.281. The number of carbonyl (C=O) groups is 1. The van der Waals surface area contributed by atoms with E-state index in [1.807, 2.05) is 72.9 Å². The monoisotopic (exact) mass is 524 g/mol. The molecule has 1 saturated heterocycles. The third-order valence-electron chi connectivity index (χ3n) is 6.41. The number of piperazine rings is 1. The number of aromatic nitrogens is 1. The van der Waals surface area contributed by atoms with Crippen LogP contribution in [0.15, 0.2) is 89.9 Å². The van der Waals surface area contributed by atoms with Crippen molar-refractivity contribution in [2.24, 2.45) is 0 Å². The zero-order valence-electron chi connectivity index (χ0n) is 20.8. The first-order valence-electron chi connectivity index (χ1n) is 12.5. The molecule has 0 spiro atoms. The molecule has 0 saturated carbocycles. The Morgan fingerprint density at radius 1 is 0.895 bits per heavy atom. The molecule has 2 heterocycles. The molecule has 7 nitrogen and oxygen atoms in total. The summed E-state index contributed by atoms with van der Waals surface area (Å²) in [5.41, 5.74) is 3.93. The van der Waals surface area contributed by atoms with Gasteiger partial charge in [0.1, 0.15) is 6.54 Å². The molecule has 1 aliphatic rings. The topological polar surface area (TPSA) is 77.8 Å². The average Bonchev–Trinajstić information content (AvgIpc) is 2.95. The summed E-state index contributed by atoms with van der Waals surface area (Å²) in [6.45, 7) is 3.89. The van der Waals surface area contributed by atoms with Crippen LogP contribution in [-0.2, 0) is 11.3 Å². The maximum absolute atomic E-state index is 13.1. The summed E-state index contributed by atoms with van der Waals surface area (Å²) in [5, 5.41) is 10.3. The highest BCUT2D eigenvalue weighted by molar-refractivity contribution is 7.95. The highest BCUT2D eigenvalue weighted by atomic mass is 32.2. The van der Waals surface area contributed by atoms with Crippen molar-refractivity contribution in [1.29, 1.82) is 0 Å². The van der Waals surface area contributed by atoms with Gasteiger partial charge in [-0.1, -0.05) is 48.2 Å². The second kappa shape index (κ2) is 12.0. The Morgan fingerprint density at radius 3 is 2.34 bits per heavy atom. The Labute approximate surface area is 226 Å². The van der Waals surface area contributed by atoms with E-state index in [1.54, 1.807) is 4.57 Å². The van der Waals surface area contributed by atoms with Gasteiger partial charge in [-0.3, -0.25) is 9.59 Å². The highest BCUT2D eigenvalue weighted by Gasteiger charge is 2.17. The van der Waals surface area contributed by atoms with Crippen molar-refractivity contribution in [3.63, 3.8) is 0 Å². The third-order valence-corrected chi connectivity index (χ3v) is 7.31. The summed E-state index contributed by atoms with van der Waals surface area (Å²) < 4.78 is 6.73. The Hall–Kier alpha value is -4.03. The summed E-state index contributed by atoms with van der Waals surface area (Å²) in [6.07, 6.45) is 1.85. The van der Waals surface area contributed by atoms with Crippen molar-refractivity contribution < 1.29 is 9.90 Å². The largest absolute Gasteiger partial charge is 0.480 e. The lowest BCUT2D eigenvalue weighted by Crippen LogP contribution is -2.44. The molecule has 0 radical (unpaired) electrons. The molecule has 8 heteroatoms. The number of aliphatic carboxylic acids is 1. The van der Waals surface area contributed by atoms with Crippen LogP contribution in [0.1, 0.15) is 16.7 Å². The molecular formula is C30H28N4O3S. The van der Waals surface area contributed by atoms with Crippen molar-refractivity contribution >= 4 is 34.6 Å². The van der Waals surface area contributed by atoms with Crippen LogP contribution in [0.5, 0.6) is 0 Å². The van der Waals surface area contributed by atoms with E-state index >= 15 is 0 Å². The standard InChI is InChI=1S/C30H28N4O3S/c35-29(36)21-31-38-34-18-16-32(17-19-34)27-12-9-23(10-13-27)6-7-24-8-11-26-14-15-33(30(37)28(26)20-24)22-25-4-2-1-3-5-25/h1-5,8-15,20,31H,16-19,21-22H2,(H,35,36). The van der Waals surface area contributed by atoms with Gasteiger partial charge in [-0.05, 0) is 53.4 Å². The first-order valence-corrected chi connectivity index (χ1v) is 13.2. The molecule has 5 rings (SSSR count). The number of hydrogen-bond acceptors (Lipinski definition) is 6. The summed E-state index contributed by atoms with van der Waals surface area (Å²) in [5.74, 6) is 5.58. The third kappa shape index (κ3) is 6.45. The van der Waals surface area contributed by atoms with Crippen LogP contribution in [0.2, 0.25) is 0 Å². The summed E-state index contributed by atoms with van der Waals surface area (Å²) in [6, 6.07) is 25.9. The number of carboxylic acids is 1. The molecule has 0 unspecified atom stereocenters. The summed E-state index contributed by atoms with van der Waals surface area (Å²) in [7, 11) is 0.